The number of hydrogen-bond acceptors (Lipinski definition) is 4. The number of carbonyl (C=O) groups excluding carboxylic acids is 2. The van der Waals surface area contributed by atoms with Crippen LogP contribution in [-0.4, -0.2) is 52.1 Å². The molecule has 0 aromatic heterocycles. The van der Waals surface area contributed by atoms with Crippen molar-refractivity contribution in [1.82, 2.24) is 10.2 Å². The van der Waals surface area contributed by atoms with Crippen LogP contribution in [0.2, 0.25) is 0 Å². The van der Waals surface area contributed by atoms with Gasteiger partial charge in [-0.25, -0.2) is 0 Å². The van der Waals surface area contributed by atoms with Crippen molar-refractivity contribution in [3.63, 3.8) is 0 Å². The summed E-state index contributed by atoms with van der Waals surface area (Å²) >= 11 is 1.69. The number of fused-ring (bicyclic) bond motifs is 3. The van der Waals surface area contributed by atoms with Gasteiger partial charge >= 0.3 is 0 Å². The molecule has 126 valence electrons. The molecule has 0 aliphatic carbocycles. The molecule has 3 fully saturated rings. The van der Waals surface area contributed by atoms with Gasteiger partial charge in [-0.1, -0.05) is 36.4 Å². The van der Waals surface area contributed by atoms with Gasteiger partial charge in [0.2, 0.25) is 11.8 Å². The van der Waals surface area contributed by atoms with E-state index >= 15 is 0 Å². The van der Waals surface area contributed by atoms with Gasteiger partial charge in [0.25, 0.3) is 0 Å². The molecule has 0 spiro atoms. The van der Waals surface area contributed by atoms with Crippen molar-refractivity contribution in [3.05, 3.63) is 48.6 Å². The summed E-state index contributed by atoms with van der Waals surface area (Å²) in [5.74, 6) is 0.742. The molecule has 3 heterocycles. The molecule has 4 rings (SSSR count). The average Bonchev–Trinajstić information content (AvgIpc) is 2.57. The van der Waals surface area contributed by atoms with E-state index in [1.165, 1.54) is 0 Å². The Balaban J connectivity index is 1.39. The molecule has 1 aromatic carbocycles. The summed E-state index contributed by atoms with van der Waals surface area (Å²) in [5.41, 5.74) is 0.685. The third kappa shape index (κ3) is 2.36. The number of rotatable bonds is 5. The number of hydrogen-bond donors (Lipinski definition) is 1. The van der Waals surface area contributed by atoms with E-state index in [2.05, 4.69) is 11.9 Å². The number of nitrogens with zero attached hydrogens (tertiary/aromatic N) is 1. The largest absolute Gasteiger partial charge is 0.369 e. The molecule has 0 saturated carbocycles. The fraction of sp³-hybridized carbons (Fsp3) is 0.444. The van der Waals surface area contributed by atoms with Gasteiger partial charge in [0.15, 0.2) is 0 Å². The highest BCUT2D eigenvalue weighted by molar-refractivity contribution is 8.00. The Hall–Kier alpha value is -1.79. The molecule has 24 heavy (non-hydrogen) atoms. The number of benzene rings is 1. The van der Waals surface area contributed by atoms with Gasteiger partial charge < -0.3 is 15.0 Å². The number of carbonyl (C=O) groups is 2. The predicted molar refractivity (Wildman–Crippen MR) is 92.5 cm³/mol. The maximum atomic E-state index is 12.5. The van der Waals surface area contributed by atoms with Crippen LogP contribution in [0.5, 0.6) is 0 Å². The Kier molecular flexibility index (Phi) is 3.89. The van der Waals surface area contributed by atoms with Crippen molar-refractivity contribution in [1.29, 1.82) is 0 Å². The topological polar surface area (TPSA) is 58.6 Å². The van der Waals surface area contributed by atoms with Gasteiger partial charge in [0.05, 0.1) is 19.1 Å². The number of thioether (sulfide) groups is 1. The molecular weight excluding hydrogens is 324 g/mol. The molecule has 0 bridgehead atoms. The third-order valence-corrected chi connectivity index (χ3v) is 6.56. The summed E-state index contributed by atoms with van der Waals surface area (Å²) in [6, 6.07) is 9.28. The molecule has 6 heteroatoms. The molecule has 5 nitrogen and oxygen atoms in total. The predicted octanol–water partition coefficient (Wildman–Crippen LogP) is 1.34. The first-order valence-corrected chi connectivity index (χ1v) is 9.21. The lowest BCUT2D eigenvalue weighted by atomic mass is 9.83. The van der Waals surface area contributed by atoms with Crippen LogP contribution < -0.4 is 5.32 Å². The van der Waals surface area contributed by atoms with Gasteiger partial charge in [0, 0.05) is 5.75 Å². The van der Waals surface area contributed by atoms with Crippen LogP contribution in [0.15, 0.2) is 43.0 Å². The van der Waals surface area contributed by atoms with E-state index in [-0.39, 0.29) is 28.8 Å². The van der Waals surface area contributed by atoms with Crippen LogP contribution in [0.25, 0.3) is 0 Å². The third-order valence-electron chi connectivity index (χ3n) is 5.06. The van der Waals surface area contributed by atoms with Gasteiger partial charge in [-0.15, -0.1) is 18.3 Å². The van der Waals surface area contributed by atoms with Gasteiger partial charge in [-0.2, -0.15) is 0 Å². The van der Waals surface area contributed by atoms with Crippen LogP contribution in [0.1, 0.15) is 12.0 Å². The van der Waals surface area contributed by atoms with Crippen molar-refractivity contribution in [2.45, 2.75) is 35.9 Å². The Morgan fingerprint density at radius 2 is 2.25 bits per heavy atom. The van der Waals surface area contributed by atoms with E-state index in [1.807, 2.05) is 41.3 Å². The van der Waals surface area contributed by atoms with Crippen molar-refractivity contribution in [2.24, 2.45) is 0 Å². The summed E-state index contributed by atoms with van der Waals surface area (Å²) in [6.45, 7) is 4.38. The molecule has 3 aliphatic heterocycles. The maximum absolute atomic E-state index is 12.5. The first-order chi connectivity index (χ1) is 11.6. The second-order valence-electron chi connectivity index (χ2n) is 6.54. The number of ether oxygens (including phenoxy) is 1. The van der Waals surface area contributed by atoms with E-state index in [4.69, 9.17) is 4.74 Å². The van der Waals surface area contributed by atoms with E-state index in [0.717, 1.165) is 17.7 Å². The molecule has 4 atom stereocenters. The van der Waals surface area contributed by atoms with E-state index in [0.29, 0.717) is 13.0 Å². The second-order valence-corrected chi connectivity index (χ2v) is 7.64. The first kappa shape index (κ1) is 15.7. The molecule has 1 aromatic rings. The molecular formula is C18H20N2O3S. The van der Waals surface area contributed by atoms with E-state index < -0.39 is 6.04 Å². The number of amides is 2. The highest BCUT2D eigenvalue weighted by Crippen LogP contribution is 2.49. The zero-order valence-electron chi connectivity index (χ0n) is 13.3. The van der Waals surface area contributed by atoms with Crippen LogP contribution in [0.3, 0.4) is 0 Å². The Bertz CT molecular complexity index is 680. The van der Waals surface area contributed by atoms with Gasteiger partial charge in [-0.05, 0) is 12.0 Å². The van der Waals surface area contributed by atoms with E-state index in [1.54, 1.807) is 11.8 Å². The Morgan fingerprint density at radius 3 is 2.92 bits per heavy atom. The first-order valence-electron chi connectivity index (χ1n) is 8.16. The standard InChI is InChI=1S/C18H20N2O3S/c1-2-8-18-11-24-17-15(16(22)20(17)13(18)10-23-18)19-14(21)9-12-6-4-3-5-7-12/h2-7,13,15,17H,1,8-11H2,(H,19,21)/t13-,15+,17+,18-/m0/s1. The Morgan fingerprint density at radius 1 is 1.46 bits per heavy atom. The zero-order chi connectivity index (χ0) is 16.7. The van der Waals surface area contributed by atoms with E-state index in [9.17, 15) is 9.59 Å². The number of nitrogens with one attached hydrogen (secondary N) is 1. The second kappa shape index (κ2) is 5.93. The smallest absolute Gasteiger partial charge is 0.249 e. The highest BCUT2D eigenvalue weighted by atomic mass is 32.2. The van der Waals surface area contributed by atoms with Crippen molar-refractivity contribution in [2.75, 3.05) is 12.4 Å². The minimum Gasteiger partial charge on any atom is -0.369 e. The lowest BCUT2D eigenvalue weighted by Crippen LogP contribution is -2.82. The number of β-lactam (4-membered cyclic amide) rings is 1. The van der Waals surface area contributed by atoms with Crippen molar-refractivity contribution in [3.8, 4) is 0 Å². The normalized spacial score (nSPS) is 33.6. The molecule has 3 saturated heterocycles. The maximum Gasteiger partial charge on any atom is 0.249 e. The van der Waals surface area contributed by atoms with Crippen molar-refractivity contribution >= 4 is 23.6 Å². The lowest BCUT2D eigenvalue weighted by molar-refractivity contribution is -0.223. The van der Waals surface area contributed by atoms with Gasteiger partial charge in [0.1, 0.15) is 17.0 Å². The fourth-order valence-corrected chi connectivity index (χ4v) is 5.36. The SMILES string of the molecule is C=CC[C@]12CS[C@@H]3[C@H](NC(=O)Cc4ccccc4)C(=O)N3[C@H]1CO2. The summed E-state index contributed by atoms with van der Waals surface area (Å²) in [6.07, 6.45) is 2.91. The minimum absolute atomic E-state index is 0.00958. The zero-order valence-corrected chi connectivity index (χ0v) is 14.1. The summed E-state index contributed by atoms with van der Waals surface area (Å²) in [5, 5.41) is 2.94. The van der Waals surface area contributed by atoms with Crippen LogP contribution >= 0.6 is 11.8 Å². The van der Waals surface area contributed by atoms with Crippen LogP contribution in [-0.2, 0) is 20.7 Å². The van der Waals surface area contributed by atoms with Gasteiger partial charge in [-0.3, -0.25) is 9.59 Å². The molecule has 0 unspecified atom stereocenters. The minimum atomic E-state index is -0.409. The summed E-state index contributed by atoms with van der Waals surface area (Å²) in [7, 11) is 0. The monoisotopic (exact) mass is 344 g/mol. The molecule has 1 N–H and O–H groups in total. The molecule has 3 aliphatic rings. The lowest BCUT2D eigenvalue weighted by Gasteiger charge is -2.64. The summed E-state index contributed by atoms with van der Waals surface area (Å²) in [4.78, 5) is 26.7. The van der Waals surface area contributed by atoms with Crippen molar-refractivity contribution < 1.29 is 14.3 Å². The Labute approximate surface area is 145 Å². The molecule has 2 amide bonds. The van der Waals surface area contributed by atoms with Crippen LogP contribution in [0.4, 0.5) is 0 Å². The van der Waals surface area contributed by atoms with Crippen LogP contribution in [0, 0.1) is 0 Å². The average molecular weight is 344 g/mol. The fourth-order valence-electron chi connectivity index (χ4n) is 3.72. The highest BCUT2D eigenvalue weighted by Gasteiger charge is 2.64. The molecule has 0 radical (unpaired) electrons. The quantitative estimate of drug-likeness (QED) is 0.647. The summed E-state index contributed by atoms with van der Waals surface area (Å²) < 4.78 is 5.79.